The molecule has 0 aliphatic rings. The quantitative estimate of drug-likeness (QED) is 0.701. The van der Waals surface area contributed by atoms with Crippen molar-refractivity contribution in [1.29, 1.82) is 0 Å². The Morgan fingerprint density at radius 3 is 2.74 bits per heavy atom. The lowest BCUT2D eigenvalue weighted by Crippen LogP contribution is -2.35. The lowest BCUT2D eigenvalue weighted by molar-refractivity contribution is -0.120. The van der Waals surface area contributed by atoms with Crippen LogP contribution < -0.4 is 11.1 Å². The molecule has 106 valence electrons. The van der Waals surface area contributed by atoms with Gasteiger partial charge in [0.05, 0.1) is 6.42 Å². The van der Waals surface area contributed by atoms with Gasteiger partial charge in [0.1, 0.15) is 0 Å². The van der Waals surface area contributed by atoms with E-state index in [-0.39, 0.29) is 5.91 Å². The second-order valence-electron chi connectivity index (χ2n) is 4.71. The lowest BCUT2D eigenvalue weighted by Gasteiger charge is -2.19. The standard InChI is InChI=1S/C15H25N3O/c1-3-9-18(4-2)10-8-17-15(19)12-13-6-5-7-14(16)11-13/h5-7,11H,3-4,8-10,12,16H2,1-2H3,(H,17,19). The van der Waals surface area contributed by atoms with Gasteiger partial charge in [0.25, 0.3) is 0 Å². The van der Waals surface area contributed by atoms with Crippen LogP contribution in [0, 0.1) is 0 Å². The van der Waals surface area contributed by atoms with Gasteiger partial charge < -0.3 is 16.0 Å². The highest BCUT2D eigenvalue weighted by atomic mass is 16.1. The first-order valence-electron chi connectivity index (χ1n) is 6.99. The summed E-state index contributed by atoms with van der Waals surface area (Å²) in [4.78, 5) is 14.1. The molecule has 0 unspecified atom stereocenters. The molecule has 3 N–H and O–H groups in total. The number of likely N-dealkylation sites (N-methyl/N-ethyl adjacent to an activating group) is 1. The van der Waals surface area contributed by atoms with Gasteiger partial charge in [0.2, 0.25) is 5.91 Å². The van der Waals surface area contributed by atoms with Crippen LogP contribution in [0.4, 0.5) is 5.69 Å². The third-order valence-corrected chi connectivity index (χ3v) is 3.05. The number of benzene rings is 1. The van der Waals surface area contributed by atoms with E-state index in [1.165, 1.54) is 0 Å². The Balaban J connectivity index is 2.28. The molecule has 0 saturated carbocycles. The summed E-state index contributed by atoms with van der Waals surface area (Å²) in [6, 6.07) is 7.46. The number of nitrogen functional groups attached to an aromatic ring is 1. The highest BCUT2D eigenvalue weighted by Gasteiger charge is 2.05. The van der Waals surface area contributed by atoms with Crippen LogP contribution in [0.25, 0.3) is 0 Å². The minimum absolute atomic E-state index is 0.0538. The maximum Gasteiger partial charge on any atom is 0.224 e. The third-order valence-electron chi connectivity index (χ3n) is 3.05. The zero-order valence-electron chi connectivity index (χ0n) is 12.0. The number of hydrogen-bond donors (Lipinski definition) is 2. The highest BCUT2D eigenvalue weighted by Crippen LogP contribution is 2.06. The Hall–Kier alpha value is -1.55. The molecule has 1 aromatic carbocycles. The monoisotopic (exact) mass is 263 g/mol. The zero-order valence-corrected chi connectivity index (χ0v) is 12.0. The summed E-state index contributed by atoms with van der Waals surface area (Å²) < 4.78 is 0. The van der Waals surface area contributed by atoms with Crippen molar-refractivity contribution in [3.05, 3.63) is 29.8 Å². The number of amides is 1. The van der Waals surface area contributed by atoms with E-state index in [0.717, 1.165) is 31.6 Å². The number of anilines is 1. The Morgan fingerprint density at radius 1 is 1.32 bits per heavy atom. The number of nitrogens with one attached hydrogen (secondary N) is 1. The van der Waals surface area contributed by atoms with Gasteiger partial charge in [0.15, 0.2) is 0 Å². The van der Waals surface area contributed by atoms with Crippen molar-refractivity contribution in [3.8, 4) is 0 Å². The summed E-state index contributed by atoms with van der Waals surface area (Å²) >= 11 is 0. The number of carbonyl (C=O) groups is 1. The fourth-order valence-electron chi connectivity index (χ4n) is 2.05. The SMILES string of the molecule is CCCN(CC)CCNC(=O)Cc1cccc(N)c1. The predicted octanol–water partition coefficient (Wildman–Crippen LogP) is 1.66. The van der Waals surface area contributed by atoms with Crippen LogP contribution in [0.1, 0.15) is 25.8 Å². The smallest absolute Gasteiger partial charge is 0.224 e. The van der Waals surface area contributed by atoms with Crippen LogP contribution in [-0.2, 0) is 11.2 Å². The number of carbonyl (C=O) groups excluding carboxylic acids is 1. The molecule has 0 bridgehead atoms. The average molecular weight is 263 g/mol. The van der Waals surface area contributed by atoms with E-state index < -0.39 is 0 Å². The van der Waals surface area contributed by atoms with E-state index in [9.17, 15) is 4.79 Å². The summed E-state index contributed by atoms with van der Waals surface area (Å²) in [5.74, 6) is 0.0538. The summed E-state index contributed by atoms with van der Waals surface area (Å²) in [7, 11) is 0. The summed E-state index contributed by atoms with van der Waals surface area (Å²) in [5, 5.41) is 2.95. The van der Waals surface area contributed by atoms with Crippen LogP contribution >= 0.6 is 0 Å². The highest BCUT2D eigenvalue weighted by molar-refractivity contribution is 5.78. The molecule has 4 heteroatoms. The lowest BCUT2D eigenvalue weighted by atomic mass is 10.1. The fraction of sp³-hybridized carbons (Fsp3) is 0.533. The number of hydrogen-bond acceptors (Lipinski definition) is 3. The summed E-state index contributed by atoms with van der Waals surface area (Å²) in [6.45, 7) is 8.04. The number of nitrogens with zero attached hydrogens (tertiary/aromatic N) is 1. The van der Waals surface area contributed by atoms with Gasteiger partial charge in [-0.05, 0) is 37.2 Å². The van der Waals surface area contributed by atoms with Gasteiger partial charge in [-0.15, -0.1) is 0 Å². The second kappa shape index (κ2) is 8.53. The maximum atomic E-state index is 11.8. The molecular weight excluding hydrogens is 238 g/mol. The summed E-state index contributed by atoms with van der Waals surface area (Å²) in [5.41, 5.74) is 7.34. The van der Waals surface area contributed by atoms with Crippen LogP contribution in [0.5, 0.6) is 0 Å². The Morgan fingerprint density at radius 2 is 2.11 bits per heavy atom. The van der Waals surface area contributed by atoms with Gasteiger partial charge in [-0.1, -0.05) is 26.0 Å². The van der Waals surface area contributed by atoms with E-state index in [1.54, 1.807) is 0 Å². The van der Waals surface area contributed by atoms with Crippen molar-refractivity contribution in [3.63, 3.8) is 0 Å². The van der Waals surface area contributed by atoms with Crippen LogP contribution in [0.3, 0.4) is 0 Å². The molecule has 1 amide bonds. The van der Waals surface area contributed by atoms with Crippen molar-refractivity contribution in [1.82, 2.24) is 10.2 Å². The van der Waals surface area contributed by atoms with Crippen LogP contribution in [-0.4, -0.2) is 37.0 Å². The molecule has 19 heavy (non-hydrogen) atoms. The number of nitrogens with two attached hydrogens (primary N) is 1. The first-order valence-corrected chi connectivity index (χ1v) is 6.99. The Labute approximate surface area is 116 Å². The molecule has 0 heterocycles. The first-order chi connectivity index (χ1) is 9.15. The van der Waals surface area contributed by atoms with E-state index in [4.69, 9.17) is 5.73 Å². The minimum Gasteiger partial charge on any atom is -0.399 e. The third kappa shape index (κ3) is 6.25. The molecule has 0 aliphatic heterocycles. The molecule has 1 rings (SSSR count). The molecule has 0 fully saturated rings. The molecule has 0 aromatic heterocycles. The van der Waals surface area contributed by atoms with Crippen molar-refractivity contribution in [2.75, 3.05) is 31.9 Å². The Kier molecular flexibility index (Phi) is 6.97. The minimum atomic E-state index is 0.0538. The summed E-state index contributed by atoms with van der Waals surface area (Å²) in [6.07, 6.45) is 1.54. The average Bonchev–Trinajstić information content (AvgIpc) is 2.37. The second-order valence-corrected chi connectivity index (χ2v) is 4.71. The zero-order chi connectivity index (χ0) is 14.1. The van der Waals surface area contributed by atoms with Gasteiger partial charge >= 0.3 is 0 Å². The molecule has 0 saturated heterocycles. The molecule has 0 spiro atoms. The molecule has 0 aliphatic carbocycles. The van der Waals surface area contributed by atoms with Crippen molar-refractivity contribution in [2.45, 2.75) is 26.7 Å². The van der Waals surface area contributed by atoms with E-state index in [0.29, 0.717) is 18.7 Å². The largest absolute Gasteiger partial charge is 0.399 e. The van der Waals surface area contributed by atoms with E-state index in [2.05, 4.69) is 24.1 Å². The molecule has 4 nitrogen and oxygen atoms in total. The van der Waals surface area contributed by atoms with E-state index in [1.807, 2.05) is 24.3 Å². The van der Waals surface area contributed by atoms with Crippen molar-refractivity contribution < 1.29 is 4.79 Å². The normalized spacial score (nSPS) is 10.7. The predicted molar refractivity (Wildman–Crippen MR) is 80.0 cm³/mol. The molecular formula is C15H25N3O. The van der Waals surface area contributed by atoms with Gasteiger partial charge in [-0.3, -0.25) is 4.79 Å². The van der Waals surface area contributed by atoms with Crippen LogP contribution in [0.15, 0.2) is 24.3 Å². The Bertz CT molecular complexity index is 393. The van der Waals surface area contributed by atoms with Crippen molar-refractivity contribution in [2.24, 2.45) is 0 Å². The van der Waals surface area contributed by atoms with Gasteiger partial charge in [-0.2, -0.15) is 0 Å². The fourth-order valence-corrected chi connectivity index (χ4v) is 2.05. The van der Waals surface area contributed by atoms with Gasteiger partial charge in [0, 0.05) is 18.8 Å². The van der Waals surface area contributed by atoms with Crippen molar-refractivity contribution >= 4 is 11.6 Å². The molecule has 1 aromatic rings. The number of rotatable bonds is 8. The topological polar surface area (TPSA) is 58.4 Å². The van der Waals surface area contributed by atoms with Gasteiger partial charge in [-0.25, -0.2) is 0 Å². The van der Waals surface area contributed by atoms with E-state index >= 15 is 0 Å². The molecule has 0 radical (unpaired) electrons. The molecule has 0 atom stereocenters. The first kappa shape index (κ1) is 15.5. The van der Waals surface area contributed by atoms with Crippen LogP contribution in [0.2, 0.25) is 0 Å². The maximum absolute atomic E-state index is 11.8.